The predicted octanol–water partition coefficient (Wildman–Crippen LogP) is 3.81. The summed E-state index contributed by atoms with van der Waals surface area (Å²) in [7, 11) is 0. The summed E-state index contributed by atoms with van der Waals surface area (Å²) in [5.41, 5.74) is 1.39. The quantitative estimate of drug-likeness (QED) is 0.728. The number of amides is 1. The Morgan fingerprint density at radius 2 is 1.70 bits per heavy atom. The van der Waals surface area contributed by atoms with E-state index < -0.39 is 17.6 Å². The molecule has 6 nitrogen and oxygen atoms in total. The number of hydrogen-bond acceptors (Lipinski definition) is 4. The first-order valence-electron chi connectivity index (χ1n) is 10.5. The zero-order valence-electron chi connectivity index (χ0n) is 17.0. The van der Waals surface area contributed by atoms with Crippen LogP contribution in [0.1, 0.15) is 36.8 Å². The molecule has 3 atom stereocenters. The zero-order valence-corrected chi connectivity index (χ0v) is 17.0. The maximum atomic E-state index is 12.5. The molecular formula is C24H28N2O4. The van der Waals surface area contributed by atoms with Crippen LogP contribution in [-0.2, 0) is 22.7 Å². The second-order valence-corrected chi connectivity index (χ2v) is 8.62. The third kappa shape index (κ3) is 5.00. The van der Waals surface area contributed by atoms with Gasteiger partial charge in [0.1, 0.15) is 6.61 Å². The van der Waals surface area contributed by atoms with E-state index in [1.54, 1.807) is 0 Å². The molecule has 6 heteroatoms. The molecule has 3 unspecified atom stereocenters. The van der Waals surface area contributed by atoms with Gasteiger partial charge in [-0.1, -0.05) is 60.7 Å². The van der Waals surface area contributed by atoms with E-state index in [1.165, 1.54) is 5.56 Å². The SMILES string of the molecule is O=C(O)CC1(NC(=O)OCc2ccccc2)CC2CC(C1)N(Cc1ccccc1)C2. The van der Waals surface area contributed by atoms with E-state index in [0.29, 0.717) is 18.8 Å². The van der Waals surface area contributed by atoms with Crippen molar-refractivity contribution in [2.24, 2.45) is 5.92 Å². The number of nitrogens with zero attached hydrogens (tertiary/aromatic N) is 1. The lowest BCUT2D eigenvalue weighted by molar-refractivity contribution is -0.139. The van der Waals surface area contributed by atoms with E-state index in [4.69, 9.17) is 4.74 Å². The Bertz CT molecular complexity index is 873. The van der Waals surface area contributed by atoms with Crippen LogP contribution in [0.15, 0.2) is 60.7 Å². The number of carbonyl (C=O) groups excluding carboxylic acids is 1. The molecule has 1 amide bonds. The summed E-state index contributed by atoms with van der Waals surface area (Å²) in [6.45, 7) is 1.95. The van der Waals surface area contributed by atoms with E-state index in [1.807, 2.05) is 48.5 Å². The molecule has 2 bridgehead atoms. The summed E-state index contributed by atoms with van der Waals surface area (Å²) in [6.07, 6.45) is 1.72. The van der Waals surface area contributed by atoms with E-state index >= 15 is 0 Å². The topological polar surface area (TPSA) is 78.9 Å². The second kappa shape index (κ2) is 8.88. The number of fused-ring (bicyclic) bond motifs is 2. The van der Waals surface area contributed by atoms with Crippen LogP contribution in [0.3, 0.4) is 0 Å². The van der Waals surface area contributed by atoms with Gasteiger partial charge in [0.2, 0.25) is 0 Å². The van der Waals surface area contributed by atoms with E-state index in [2.05, 4.69) is 22.3 Å². The first-order valence-corrected chi connectivity index (χ1v) is 10.5. The molecule has 1 saturated heterocycles. The number of likely N-dealkylation sites (tertiary alicyclic amines) is 1. The Hall–Kier alpha value is -2.86. The van der Waals surface area contributed by atoms with Gasteiger partial charge in [0.25, 0.3) is 0 Å². The van der Waals surface area contributed by atoms with Gasteiger partial charge in [0.05, 0.1) is 12.0 Å². The van der Waals surface area contributed by atoms with Crippen molar-refractivity contribution >= 4 is 12.1 Å². The smallest absolute Gasteiger partial charge is 0.407 e. The number of benzene rings is 2. The van der Waals surface area contributed by atoms with Crippen molar-refractivity contribution in [3.8, 4) is 0 Å². The molecule has 1 aliphatic heterocycles. The monoisotopic (exact) mass is 408 g/mol. The third-order valence-corrected chi connectivity index (χ3v) is 6.22. The normalized spacial score (nSPS) is 25.6. The fraction of sp³-hybridized carbons (Fsp3) is 0.417. The average molecular weight is 408 g/mol. The second-order valence-electron chi connectivity index (χ2n) is 8.62. The molecule has 2 aromatic carbocycles. The summed E-state index contributed by atoms with van der Waals surface area (Å²) in [6, 6.07) is 20.1. The molecule has 2 aromatic rings. The number of carbonyl (C=O) groups is 2. The number of aliphatic carboxylic acids is 1. The molecule has 30 heavy (non-hydrogen) atoms. The Morgan fingerprint density at radius 1 is 1.03 bits per heavy atom. The Morgan fingerprint density at radius 3 is 2.37 bits per heavy atom. The van der Waals surface area contributed by atoms with Gasteiger partial charge >= 0.3 is 12.1 Å². The fourth-order valence-corrected chi connectivity index (χ4v) is 5.10. The molecule has 2 fully saturated rings. The summed E-state index contributed by atoms with van der Waals surface area (Å²) < 4.78 is 5.39. The molecule has 1 heterocycles. The van der Waals surface area contributed by atoms with Gasteiger partial charge in [0.15, 0.2) is 0 Å². The fourth-order valence-electron chi connectivity index (χ4n) is 5.10. The minimum Gasteiger partial charge on any atom is -0.481 e. The van der Waals surface area contributed by atoms with Crippen molar-refractivity contribution in [3.05, 3.63) is 71.8 Å². The zero-order chi connectivity index (χ0) is 21.0. The van der Waals surface area contributed by atoms with Crippen molar-refractivity contribution in [1.29, 1.82) is 0 Å². The van der Waals surface area contributed by atoms with E-state index in [-0.39, 0.29) is 19.1 Å². The molecule has 2 N–H and O–H groups in total. The first-order chi connectivity index (χ1) is 14.5. The van der Waals surface area contributed by atoms with Crippen LogP contribution in [0.25, 0.3) is 0 Å². The van der Waals surface area contributed by atoms with Crippen LogP contribution in [0.5, 0.6) is 0 Å². The molecule has 0 spiro atoms. The number of carboxylic acids is 1. The highest BCUT2D eigenvalue weighted by Crippen LogP contribution is 2.43. The lowest BCUT2D eigenvalue weighted by Gasteiger charge is -2.40. The van der Waals surface area contributed by atoms with Crippen molar-refractivity contribution in [2.75, 3.05) is 6.54 Å². The highest BCUT2D eigenvalue weighted by atomic mass is 16.5. The molecule has 1 aliphatic carbocycles. The Kier molecular flexibility index (Phi) is 6.04. The Balaban J connectivity index is 1.42. The summed E-state index contributed by atoms with van der Waals surface area (Å²) in [5.74, 6) is -0.518. The van der Waals surface area contributed by atoms with Crippen LogP contribution < -0.4 is 5.32 Å². The van der Waals surface area contributed by atoms with Gasteiger partial charge in [-0.3, -0.25) is 9.69 Å². The molecule has 1 saturated carbocycles. The maximum absolute atomic E-state index is 12.5. The third-order valence-electron chi connectivity index (χ3n) is 6.22. The van der Waals surface area contributed by atoms with Crippen molar-refractivity contribution < 1.29 is 19.4 Å². The summed E-state index contributed by atoms with van der Waals surface area (Å²) >= 11 is 0. The van der Waals surface area contributed by atoms with Gasteiger partial charge < -0.3 is 15.2 Å². The largest absolute Gasteiger partial charge is 0.481 e. The molecule has 158 valence electrons. The first kappa shape index (κ1) is 20.4. The summed E-state index contributed by atoms with van der Waals surface area (Å²) in [5, 5.41) is 12.5. The van der Waals surface area contributed by atoms with Gasteiger partial charge in [-0.25, -0.2) is 4.79 Å². The predicted molar refractivity (Wildman–Crippen MR) is 113 cm³/mol. The Labute approximate surface area is 176 Å². The van der Waals surface area contributed by atoms with Crippen LogP contribution in [0.4, 0.5) is 4.79 Å². The van der Waals surface area contributed by atoms with Gasteiger partial charge in [-0.15, -0.1) is 0 Å². The van der Waals surface area contributed by atoms with Crippen molar-refractivity contribution in [2.45, 2.75) is 50.4 Å². The van der Waals surface area contributed by atoms with Gasteiger partial charge in [0, 0.05) is 19.1 Å². The van der Waals surface area contributed by atoms with Crippen LogP contribution in [0, 0.1) is 5.92 Å². The number of hydrogen-bond donors (Lipinski definition) is 2. The molecule has 0 radical (unpaired) electrons. The highest BCUT2D eigenvalue weighted by molar-refractivity contribution is 5.73. The molecule has 4 rings (SSSR count). The molecule has 2 aliphatic rings. The average Bonchev–Trinajstić information content (AvgIpc) is 3.01. The van der Waals surface area contributed by atoms with Crippen LogP contribution in [-0.4, -0.2) is 40.2 Å². The van der Waals surface area contributed by atoms with Crippen molar-refractivity contribution in [3.63, 3.8) is 0 Å². The van der Waals surface area contributed by atoms with Crippen LogP contribution >= 0.6 is 0 Å². The van der Waals surface area contributed by atoms with E-state index in [0.717, 1.165) is 25.1 Å². The number of carboxylic acid groups (broad SMARTS) is 1. The van der Waals surface area contributed by atoms with Gasteiger partial charge in [-0.05, 0) is 36.3 Å². The maximum Gasteiger partial charge on any atom is 0.407 e. The number of alkyl carbamates (subject to hydrolysis) is 1. The van der Waals surface area contributed by atoms with Gasteiger partial charge in [-0.2, -0.15) is 0 Å². The standard InChI is InChI=1S/C24H28N2O4/c27-22(28)14-24(25-23(29)30-17-19-9-5-2-6-10-19)12-20-11-21(13-24)26(16-20)15-18-7-3-1-4-8-18/h1-10,20-21H,11-17H2,(H,25,29)(H,27,28). The number of nitrogens with one attached hydrogen (secondary N) is 1. The lowest BCUT2D eigenvalue weighted by atomic mass is 9.74. The summed E-state index contributed by atoms with van der Waals surface area (Å²) in [4.78, 5) is 26.6. The highest BCUT2D eigenvalue weighted by Gasteiger charge is 2.49. The van der Waals surface area contributed by atoms with Crippen molar-refractivity contribution in [1.82, 2.24) is 10.2 Å². The number of ether oxygens (including phenoxy) is 1. The lowest BCUT2D eigenvalue weighted by Crippen LogP contribution is -2.55. The minimum absolute atomic E-state index is 0.0837. The van der Waals surface area contributed by atoms with E-state index in [9.17, 15) is 14.7 Å². The minimum atomic E-state index is -0.894. The number of rotatable bonds is 7. The van der Waals surface area contributed by atoms with Crippen LogP contribution in [0.2, 0.25) is 0 Å². The molecular weight excluding hydrogens is 380 g/mol. The molecule has 0 aromatic heterocycles.